The van der Waals surface area contributed by atoms with Gasteiger partial charge in [-0.15, -0.1) is 0 Å². The largest absolute Gasteiger partial charge is 0.370 e. The summed E-state index contributed by atoms with van der Waals surface area (Å²) in [6.07, 6.45) is 2.99. The summed E-state index contributed by atoms with van der Waals surface area (Å²) in [4.78, 5) is 53.0. The van der Waals surface area contributed by atoms with Gasteiger partial charge in [0.15, 0.2) is 0 Å². The molecule has 138 valence electrons. The summed E-state index contributed by atoms with van der Waals surface area (Å²) in [5.41, 5.74) is 0. The maximum atomic E-state index is 12.6. The smallest absolute Gasteiger partial charge is 0.233 e. The minimum Gasteiger partial charge on any atom is -0.370 e. The van der Waals surface area contributed by atoms with E-state index in [4.69, 9.17) is 9.47 Å². The van der Waals surface area contributed by atoms with Gasteiger partial charge < -0.3 is 9.47 Å². The Kier molecular flexibility index (Phi) is 2.89. The Hall–Kier alpha value is -1.80. The summed E-state index contributed by atoms with van der Waals surface area (Å²) in [5, 5.41) is 0. The first-order valence-electron chi connectivity index (χ1n) is 9.54. The molecule has 2 aliphatic carbocycles. The van der Waals surface area contributed by atoms with Gasteiger partial charge >= 0.3 is 0 Å². The topological polar surface area (TPSA) is 99.8 Å². The van der Waals surface area contributed by atoms with E-state index in [1.54, 1.807) is 0 Å². The lowest BCUT2D eigenvalue weighted by Crippen LogP contribution is -2.41. The van der Waals surface area contributed by atoms with Crippen molar-refractivity contribution >= 4 is 23.6 Å². The van der Waals surface area contributed by atoms with Gasteiger partial charge in [0, 0.05) is 13.1 Å². The van der Waals surface area contributed by atoms with Gasteiger partial charge in [-0.25, -0.2) is 0 Å². The predicted molar refractivity (Wildman–Crippen MR) is 83.2 cm³/mol. The molecule has 0 aromatic carbocycles. The molecule has 0 unspecified atom stereocenters. The van der Waals surface area contributed by atoms with Crippen LogP contribution in [0.15, 0.2) is 0 Å². The van der Waals surface area contributed by atoms with Crippen molar-refractivity contribution in [2.45, 2.75) is 50.1 Å². The molecule has 0 radical (unpaired) electrons. The molecule has 4 heterocycles. The highest BCUT2D eigenvalue weighted by Crippen LogP contribution is 2.48. The Morgan fingerprint density at radius 1 is 0.577 bits per heavy atom. The predicted octanol–water partition coefficient (Wildman–Crippen LogP) is -0.689. The number of carbonyl (C=O) groups is 4. The molecule has 26 heavy (non-hydrogen) atoms. The van der Waals surface area contributed by atoms with Crippen molar-refractivity contribution in [3.8, 4) is 0 Å². The third-order valence-electron chi connectivity index (χ3n) is 7.17. The van der Waals surface area contributed by atoms with Crippen LogP contribution in [-0.2, 0) is 28.7 Å². The van der Waals surface area contributed by atoms with E-state index in [1.807, 2.05) is 0 Å². The number of carbonyl (C=O) groups excluding carboxylic acids is 4. The quantitative estimate of drug-likeness (QED) is 0.488. The van der Waals surface area contributed by atoms with Gasteiger partial charge in [-0.05, 0) is 25.7 Å². The van der Waals surface area contributed by atoms with E-state index in [2.05, 4.69) is 0 Å². The molecule has 8 atom stereocenters. The summed E-state index contributed by atoms with van der Waals surface area (Å²) in [6, 6.07) is 0. The molecule has 0 aromatic rings. The number of imide groups is 2. The fourth-order valence-corrected chi connectivity index (χ4v) is 5.60. The zero-order valence-electron chi connectivity index (χ0n) is 14.2. The standard InChI is InChI=1S/C18H20N2O6/c21-15-7-3-11-12(25-11)4-8(7)16(22)19(15)1-2-20-17(23)9-5-13-14(26-13)6-10(9)18(20)24/h7-14H,1-6H2/t7-,8+,9-,10+,11-,12-,13-,14+/m1/s1. The van der Waals surface area contributed by atoms with Crippen molar-refractivity contribution in [1.29, 1.82) is 0 Å². The van der Waals surface area contributed by atoms with Gasteiger partial charge in [-0.3, -0.25) is 29.0 Å². The van der Waals surface area contributed by atoms with Gasteiger partial charge in [-0.1, -0.05) is 0 Å². The fourth-order valence-electron chi connectivity index (χ4n) is 5.60. The van der Waals surface area contributed by atoms with Crippen molar-refractivity contribution in [1.82, 2.24) is 9.80 Å². The number of hydrogen-bond donors (Lipinski definition) is 0. The highest BCUT2D eigenvalue weighted by Gasteiger charge is 2.60. The lowest BCUT2D eigenvalue weighted by atomic mass is 9.81. The molecule has 8 heteroatoms. The molecule has 0 bridgehead atoms. The summed E-state index contributed by atoms with van der Waals surface area (Å²) in [5.74, 6) is -1.82. The molecule has 0 aromatic heterocycles. The molecule has 0 spiro atoms. The maximum Gasteiger partial charge on any atom is 0.233 e. The zero-order chi connectivity index (χ0) is 17.7. The first kappa shape index (κ1) is 15.3. The molecular weight excluding hydrogens is 340 g/mol. The van der Waals surface area contributed by atoms with Crippen LogP contribution in [0.3, 0.4) is 0 Å². The SMILES string of the molecule is O=C1[C@H]2C[C@@H]3O[C@@H]3C[C@H]2C(=O)N1CCN1C(=O)[C@H]2C[C@H]3O[C@@H]3C[C@H]2C1=O. The number of nitrogens with zero attached hydrogens (tertiary/aromatic N) is 2. The van der Waals surface area contributed by atoms with Crippen LogP contribution in [0.4, 0.5) is 0 Å². The second-order valence-corrected chi connectivity index (χ2v) is 8.45. The highest BCUT2D eigenvalue weighted by molar-refractivity contribution is 6.07. The number of fused-ring (bicyclic) bond motifs is 4. The molecule has 2 saturated carbocycles. The van der Waals surface area contributed by atoms with Crippen molar-refractivity contribution < 1.29 is 28.7 Å². The van der Waals surface area contributed by atoms with Crippen LogP contribution >= 0.6 is 0 Å². The second kappa shape index (κ2) is 4.92. The Morgan fingerprint density at radius 3 is 1.12 bits per heavy atom. The highest BCUT2D eigenvalue weighted by atomic mass is 16.6. The minimum absolute atomic E-state index is 0.112. The average molecular weight is 360 g/mol. The van der Waals surface area contributed by atoms with Crippen LogP contribution in [0, 0.1) is 23.7 Å². The molecule has 8 nitrogen and oxygen atoms in total. The normalized spacial score (nSPS) is 48.3. The van der Waals surface area contributed by atoms with E-state index < -0.39 is 0 Å². The fraction of sp³-hybridized carbons (Fsp3) is 0.778. The van der Waals surface area contributed by atoms with Crippen LogP contribution < -0.4 is 0 Å². The second-order valence-electron chi connectivity index (χ2n) is 8.45. The molecule has 6 aliphatic rings. The first-order valence-corrected chi connectivity index (χ1v) is 9.54. The minimum atomic E-state index is -0.289. The van der Waals surface area contributed by atoms with Gasteiger partial charge in [0.2, 0.25) is 23.6 Å². The van der Waals surface area contributed by atoms with Crippen molar-refractivity contribution in [2.24, 2.45) is 23.7 Å². The van der Waals surface area contributed by atoms with Gasteiger partial charge in [0.1, 0.15) is 0 Å². The first-order chi connectivity index (χ1) is 12.5. The van der Waals surface area contributed by atoms with E-state index in [0.717, 1.165) is 0 Å². The lowest BCUT2D eigenvalue weighted by molar-refractivity contribution is -0.145. The zero-order valence-corrected chi connectivity index (χ0v) is 14.2. The molecule has 0 N–H and O–H groups in total. The molecule has 6 fully saturated rings. The van der Waals surface area contributed by atoms with Crippen LogP contribution in [0.25, 0.3) is 0 Å². The van der Waals surface area contributed by atoms with Crippen LogP contribution in [0.2, 0.25) is 0 Å². The average Bonchev–Trinajstić information content (AvgIpc) is 3.52. The summed E-state index contributed by atoms with van der Waals surface area (Å²) in [6.45, 7) is 0.224. The van der Waals surface area contributed by atoms with Crippen molar-refractivity contribution in [2.75, 3.05) is 13.1 Å². The Bertz CT molecular complexity index is 634. The number of hydrogen-bond acceptors (Lipinski definition) is 6. The molecule has 4 amide bonds. The van der Waals surface area contributed by atoms with Crippen molar-refractivity contribution in [3.05, 3.63) is 0 Å². The van der Waals surface area contributed by atoms with Gasteiger partial charge in [-0.2, -0.15) is 0 Å². The van der Waals surface area contributed by atoms with E-state index in [0.29, 0.717) is 25.7 Å². The summed E-state index contributed by atoms with van der Waals surface area (Å²) in [7, 11) is 0. The summed E-state index contributed by atoms with van der Waals surface area (Å²) < 4.78 is 10.9. The lowest BCUT2D eigenvalue weighted by Gasteiger charge is -2.20. The van der Waals surface area contributed by atoms with Gasteiger partial charge in [0.25, 0.3) is 0 Å². The third-order valence-corrected chi connectivity index (χ3v) is 7.17. The Balaban J connectivity index is 1.15. The van der Waals surface area contributed by atoms with Crippen LogP contribution in [0.1, 0.15) is 25.7 Å². The van der Waals surface area contributed by atoms with Crippen LogP contribution in [0.5, 0.6) is 0 Å². The molecule has 4 aliphatic heterocycles. The summed E-state index contributed by atoms with van der Waals surface area (Å²) >= 11 is 0. The van der Waals surface area contributed by atoms with E-state index in [9.17, 15) is 19.2 Å². The van der Waals surface area contributed by atoms with Crippen molar-refractivity contribution in [3.63, 3.8) is 0 Å². The number of ether oxygens (including phenoxy) is 2. The van der Waals surface area contributed by atoms with Crippen LogP contribution in [-0.4, -0.2) is 70.9 Å². The molecular formula is C18H20N2O6. The monoisotopic (exact) mass is 360 g/mol. The van der Waals surface area contributed by atoms with E-state index in [1.165, 1.54) is 9.80 Å². The third kappa shape index (κ3) is 1.97. The maximum absolute atomic E-state index is 12.6. The molecule has 6 rings (SSSR count). The van der Waals surface area contributed by atoms with E-state index >= 15 is 0 Å². The number of amides is 4. The molecule has 4 saturated heterocycles. The van der Waals surface area contributed by atoms with E-state index in [-0.39, 0.29) is 84.8 Å². The number of likely N-dealkylation sites (tertiary alicyclic amines) is 2. The number of epoxide rings is 2. The Morgan fingerprint density at radius 2 is 0.846 bits per heavy atom. The van der Waals surface area contributed by atoms with Gasteiger partial charge in [0.05, 0.1) is 48.1 Å². The Labute approximate surface area is 149 Å². The number of rotatable bonds is 3.